The zero-order valence-electron chi connectivity index (χ0n) is 18.9. The average molecular weight is 576 g/mol. The molecule has 0 amide bonds. The molecule has 0 spiro atoms. The summed E-state index contributed by atoms with van der Waals surface area (Å²) in [6.45, 7) is 0. The molecular weight excluding hydrogens is 558 g/mol. The molecule has 0 bridgehead atoms. The minimum atomic E-state index is -5.13. The smallest absolute Gasteiger partial charge is 0.295 e. The van der Waals surface area contributed by atoms with Crippen LogP contribution in [0.4, 0.5) is 0 Å². The Balaban J connectivity index is 2.00. The monoisotopic (exact) mass is 575 g/mol. The summed E-state index contributed by atoms with van der Waals surface area (Å²) in [5.41, 5.74) is -1.59. The van der Waals surface area contributed by atoms with Gasteiger partial charge in [-0.1, -0.05) is 36.4 Å². The molecule has 11 nitrogen and oxygen atoms in total. The number of phenolic OH excluding ortho intramolecular Hbond substituents is 1. The predicted molar refractivity (Wildman–Crippen MR) is 137 cm³/mol. The fourth-order valence-electron chi connectivity index (χ4n) is 4.78. The van der Waals surface area contributed by atoms with Crippen molar-refractivity contribution >= 4 is 58.1 Å². The van der Waals surface area contributed by atoms with Crippen molar-refractivity contribution in [2.45, 2.75) is 20.2 Å². The van der Waals surface area contributed by atoms with Gasteiger partial charge in [-0.2, -0.15) is 25.3 Å². The number of allylic oxidation sites excluding steroid dienone is 1. The van der Waals surface area contributed by atoms with E-state index in [0.29, 0.717) is 6.07 Å². The molecule has 0 radical (unpaired) electrons. The maximum atomic E-state index is 12.5. The second-order valence-corrected chi connectivity index (χ2v) is 12.7. The van der Waals surface area contributed by atoms with Crippen molar-refractivity contribution in [1.29, 1.82) is 0 Å². The first kappa shape index (κ1) is 26.0. The first-order chi connectivity index (χ1) is 17.6. The normalized spacial score (nSPS) is 18.0. The Hall–Kier alpha value is -3.66. The molecule has 1 atom stereocenters. The van der Waals surface area contributed by atoms with Gasteiger partial charge in [-0.15, -0.1) is 0 Å². The van der Waals surface area contributed by atoms with E-state index in [2.05, 4.69) is 4.99 Å². The van der Waals surface area contributed by atoms with E-state index in [1.165, 1.54) is 36.6 Å². The summed E-state index contributed by atoms with van der Waals surface area (Å²) in [6.07, 6.45) is 4.37. The van der Waals surface area contributed by atoms with Crippen LogP contribution in [-0.4, -0.2) is 50.2 Å². The molecule has 196 valence electrons. The van der Waals surface area contributed by atoms with Crippen LogP contribution in [0, 0.1) is 0 Å². The molecule has 5 rings (SSSR count). The number of rotatable bonds is 5. The van der Waals surface area contributed by atoms with Gasteiger partial charge in [-0.3, -0.25) is 18.7 Å². The van der Waals surface area contributed by atoms with Crippen molar-refractivity contribution in [1.82, 2.24) is 0 Å². The molecule has 14 heteroatoms. The van der Waals surface area contributed by atoms with Crippen molar-refractivity contribution in [2.75, 3.05) is 0 Å². The highest BCUT2D eigenvalue weighted by atomic mass is 32.2. The lowest BCUT2D eigenvalue weighted by Gasteiger charge is -2.30. The van der Waals surface area contributed by atoms with Gasteiger partial charge in [0.15, 0.2) is 0 Å². The number of aliphatic imine (C=N–C) groups is 1. The Bertz CT molecular complexity index is 2050. The molecule has 38 heavy (non-hydrogen) atoms. The summed E-state index contributed by atoms with van der Waals surface area (Å²) in [6, 6.07) is 12.5. The van der Waals surface area contributed by atoms with Crippen LogP contribution < -0.4 is 0 Å². The maximum Gasteiger partial charge on any atom is 0.295 e. The molecule has 0 saturated heterocycles. The second kappa shape index (κ2) is 8.42. The number of benzene rings is 4. The molecule has 1 heterocycles. The van der Waals surface area contributed by atoms with E-state index in [1.54, 1.807) is 18.2 Å². The molecule has 1 aliphatic heterocycles. The Morgan fingerprint density at radius 3 is 1.95 bits per heavy atom. The standard InChI is InChI=1S/C24H17NO10S3/c26-19-8-6-14-12-15(36(27,28)29)13-21(38(33,34)35)22(14)23(19)24(10-3-11-25-24)18-7-9-20(37(30,31)32)17-5-2-1-4-16(17)18/h1-13,26H,(H,27,28,29)(H,30,31,32)(H,33,34,35). The molecule has 0 saturated carbocycles. The minimum absolute atomic E-state index is 0.0747. The van der Waals surface area contributed by atoms with Crippen molar-refractivity contribution in [3.63, 3.8) is 0 Å². The zero-order chi connectivity index (χ0) is 27.7. The summed E-state index contributed by atoms with van der Waals surface area (Å²) in [4.78, 5) is 2.39. The Morgan fingerprint density at radius 2 is 1.37 bits per heavy atom. The molecule has 0 fully saturated rings. The lowest BCUT2D eigenvalue weighted by molar-refractivity contribution is 0.459. The van der Waals surface area contributed by atoms with E-state index in [-0.39, 0.29) is 32.7 Å². The summed E-state index contributed by atoms with van der Waals surface area (Å²) in [5, 5.41) is 11.1. The van der Waals surface area contributed by atoms with Crippen LogP contribution in [0.25, 0.3) is 21.5 Å². The number of fused-ring (bicyclic) bond motifs is 2. The highest BCUT2D eigenvalue weighted by Gasteiger charge is 2.40. The third kappa shape index (κ3) is 4.07. The van der Waals surface area contributed by atoms with Crippen LogP contribution in [0.15, 0.2) is 92.5 Å². The van der Waals surface area contributed by atoms with Crippen molar-refractivity contribution in [3.8, 4) is 5.75 Å². The molecule has 4 N–H and O–H groups in total. The van der Waals surface area contributed by atoms with E-state index >= 15 is 0 Å². The van der Waals surface area contributed by atoms with Crippen LogP contribution in [0.3, 0.4) is 0 Å². The second-order valence-electron chi connectivity index (χ2n) is 8.46. The molecule has 0 aliphatic carbocycles. The van der Waals surface area contributed by atoms with Gasteiger partial charge >= 0.3 is 0 Å². The van der Waals surface area contributed by atoms with Crippen molar-refractivity contribution < 1.29 is 44.0 Å². The van der Waals surface area contributed by atoms with E-state index in [9.17, 15) is 44.0 Å². The Kier molecular flexibility index (Phi) is 5.76. The third-order valence-electron chi connectivity index (χ3n) is 6.26. The van der Waals surface area contributed by atoms with Crippen LogP contribution in [0.2, 0.25) is 0 Å². The van der Waals surface area contributed by atoms with E-state index < -0.39 is 56.3 Å². The van der Waals surface area contributed by atoms with Gasteiger partial charge in [0, 0.05) is 22.6 Å². The largest absolute Gasteiger partial charge is 0.508 e. The zero-order valence-corrected chi connectivity index (χ0v) is 21.4. The van der Waals surface area contributed by atoms with Crippen LogP contribution in [0.5, 0.6) is 5.75 Å². The predicted octanol–water partition coefficient (Wildman–Crippen LogP) is 3.32. The summed E-state index contributed by atoms with van der Waals surface area (Å²) in [7, 11) is -14.7. The maximum absolute atomic E-state index is 12.5. The van der Waals surface area contributed by atoms with Gasteiger partial charge in [-0.25, -0.2) is 0 Å². The number of hydrogen-bond donors (Lipinski definition) is 4. The molecular formula is C24H17NO10S3. The first-order valence-corrected chi connectivity index (χ1v) is 14.9. The molecule has 4 aromatic rings. The Labute approximate surface area is 216 Å². The lowest BCUT2D eigenvalue weighted by Crippen LogP contribution is -2.23. The minimum Gasteiger partial charge on any atom is -0.508 e. The highest BCUT2D eigenvalue weighted by molar-refractivity contribution is 7.87. The lowest BCUT2D eigenvalue weighted by atomic mass is 9.78. The van der Waals surface area contributed by atoms with Crippen LogP contribution >= 0.6 is 0 Å². The molecule has 1 unspecified atom stereocenters. The fourth-order valence-corrected chi connectivity index (χ4v) is 6.85. The number of aromatic hydroxyl groups is 1. The molecule has 4 aromatic carbocycles. The third-order valence-corrected chi connectivity index (χ3v) is 8.89. The van der Waals surface area contributed by atoms with Gasteiger partial charge in [0.25, 0.3) is 30.4 Å². The van der Waals surface area contributed by atoms with Gasteiger partial charge in [0.1, 0.15) is 21.1 Å². The quantitative estimate of drug-likeness (QED) is 0.256. The van der Waals surface area contributed by atoms with Crippen molar-refractivity contribution in [2.24, 2.45) is 4.99 Å². The SMILES string of the molecule is O=S(=O)(O)c1cc(S(=O)(=O)O)c2c(C3(c4ccc(S(=O)(=O)O)c5ccccc45)C=CC=N3)c(O)ccc2c1. The fraction of sp³-hybridized carbons (Fsp3) is 0.0417. The summed E-state index contributed by atoms with van der Waals surface area (Å²) < 4.78 is 102. The van der Waals surface area contributed by atoms with Gasteiger partial charge in [0.2, 0.25) is 0 Å². The van der Waals surface area contributed by atoms with Gasteiger partial charge < -0.3 is 5.11 Å². The van der Waals surface area contributed by atoms with E-state index in [1.807, 2.05) is 0 Å². The summed E-state index contributed by atoms with van der Waals surface area (Å²) in [5.74, 6) is -0.478. The van der Waals surface area contributed by atoms with Gasteiger partial charge in [0.05, 0.1) is 4.90 Å². The van der Waals surface area contributed by atoms with Crippen molar-refractivity contribution in [3.05, 3.63) is 83.9 Å². The summed E-state index contributed by atoms with van der Waals surface area (Å²) >= 11 is 0. The first-order valence-electron chi connectivity index (χ1n) is 10.6. The average Bonchev–Trinajstić information content (AvgIpc) is 3.31. The number of hydrogen-bond acceptors (Lipinski definition) is 8. The number of nitrogens with zero attached hydrogens (tertiary/aromatic N) is 1. The van der Waals surface area contributed by atoms with E-state index in [0.717, 1.165) is 18.2 Å². The van der Waals surface area contributed by atoms with Gasteiger partial charge in [-0.05, 0) is 52.8 Å². The highest BCUT2D eigenvalue weighted by Crippen LogP contribution is 2.49. The Morgan fingerprint density at radius 1 is 0.711 bits per heavy atom. The molecule has 1 aliphatic rings. The van der Waals surface area contributed by atoms with Crippen LogP contribution in [-0.2, 0) is 35.9 Å². The van der Waals surface area contributed by atoms with E-state index in [4.69, 9.17) is 0 Å². The topological polar surface area (TPSA) is 196 Å². The molecule has 0 aromatic heterocycles. The van der Waals surface area contributed by atoms with Crippen LogP contribution in [0.1, 0.15) is 11.1 Å². The number of phenols is 1.